The number of halogens is 3. The molecule has 1 N–H and O–H groups in total. The molecule has 3 nitrogen and oxygen atoms in total. The van der Waals surface area contributed by atoms with Crippen LogP contribution >= 0.6 is 27.5 Å². The third kappa shape index (κ3) is 5.72. The summed E-state index contributed by atoms with van der Waals surface area (Å²) in [7, 11) is 1.58. The van der Waals surface area contributed by atoms with Gasteiger partial charge in [-0.15, -0.1) is 0 Å². The van der Waals surface area contributed by atoms with Crippen molar-refractivity contribution in [3.63, 3.8) is 0 Å². The Bertz CT molecular complexity index is 959. The van der Waals surface area contributed by atoms with Crippen LogP contribution in [0.2, 0.25) is 5.02 Å². The number of nitrogens with one attached hydrogen (secondary N) is 1. The predicted molar refractivity (Wildman–Crippen MR) is 118 cm³/mol. The fourth-order valence-electron chi connectivity index (χ4n) is 2.85. The third-order valence-corrected chi connectivity index (χ3v) is 5.62. The molecule has 0 aliphatic heterocycles. The predicted octanol–water partition coefficient (Wildman–Crippen LogP) is 6.43. The molecule has 0 amide bonds. The smallest absolute Gasteiger partial charge is 0.162 e. The molecule has 0 fully saturated rings. The van der Waals surface area contributed by atoms with Gasteiger partial charge in [-0.3, -0.25) is 0 Å². The van der Waals surface area contributed by atoms with Crippen molar-refractivity contribution in [2.45, 2.75) is 26.6 Å². The van der Waals surface area contributed by atoms with Crippen LogP contribution in [0.4, 0.5) is 4.39 Å². The summed E-state index contributed by atoms with van der Waals surface area (Å²) in [6.45, 7) is 3.51. The summed E-state index contributed by atoms with van der Waals surface area (Å²) in [4.78, 5) is 0. The maximum atomic E-state index is 14.0. The van der Waals surface area contributed by atoms with Gasteiger partial charge in [0.05, 0.1) is 12.1 Å². The van der Waals surface area contributed by atoms with E-state index < -0.39 is 5.82 Å². The Kier molecular flexibility index (Phi) is 7.53. The standard InChI is InChI=1S/C23H22BrClFNO2/c1-15-6-8-16(9-7-15)12-27-13-17-10-22(28-2)23(11-19(17)24)29-14-18-20(25)4-3-5-21(18)26/h3-11,27H,12-14H2,1-2H3. The molecule has 3 aromatic rings. The number of rotatable bonds is 8. The molecule has 152 valence electrons. The second-order valence-corrected chi connectivity index (χ2v) is 7.93. The second kappa shape index (κ2) is 10.1. The highest BCUT2D eigenvalue weighted by atomic mass is 79.9. The summed E-state index contributed by atoms with van der Waals surface area (Å²) >= 11 is 9.66. The monoisotopic (exact) mass is 477 g/mol. The highest BCUT2D eigenvalue weighted by Gasteiger charge is 2.13. The molecule has 0 radical (unpaired) electrons. The molecule has 0 aliphatic rings. The van der Waals surface area contributed by atoms with E-state index >= 15 is 0 Å². The second-order valence-electron chi connectivity index (χ2n) is 6.67. The van der Waals surface area contributed by atoms with Gasteiger partial charge in [-0.05, 0) is 42.3 Å². The lowest BCUT2D eigenvalue weighted by molar-refractivity contribution is 0.279. The van der Waals surface area contributed by atoms with Gasteiger partial charge >= 0.3 is 0 Å². The Hall–Kier alpha value is -2.08. The van der Waals surface area contributed by atoms with Crippen LogP contribution in [0.5, 0.6) is 11.5 Å². The molecule has 29 heavy (non-hydrogen) atoms. The summed E-state index contributed by atoms with van der Waals surface area (Å²) in [5.41, 5.74) is 3.82. The van der Waals surface area contributed by atoms with Crippen molar-refractivity contribution in [1.29, 1.82) is 0 Å². The highest BCUT2D eigenvalue weighted by molar-refractivity contribution is 9.10. The Balaban J connectivity index is 1.67. The Morgan fingerprint density at radius 2 is 1.79 bits per heavy atom. The maximum absolute atomic E-state index is 14.0. The summed E-state index contributed by atoms with van der Waals surface area (Å²) in [5, 5.41) is 3.76. The van der Waals surface area contributed by atoms with Crippen LogP contribution in [-0.4, -0.2) is 7.11 Å². The Morgan fingerprint density at radius 1 is 1.03 bits per heavy atom. The van der Waals surface area contributed by atoms with E-state index in [1.165, 1.54) is 17.2 Å². The molecule has 3 rings (SSSR count). The topological polar surface area (TPSA) is 30.5 Å². The molecular formula is C23H22BrClFNO2. The first-order valence-corrected chi connectivity index (χ1v) is 10.3. The van der Waals surface area contributed by atoms with Crippen molar-refractivity contribution in [1.82, 2.24) is 5.32 Å². The lowest BCUT2D eigenvalue weighted by Gasteiger charge is -2.15. The number of methoxy groups -OCH3 is 1. The first kappa shape index (κ1) is 21.6. The molecular weight excluding hydrogens is 457 g/mol. The molecule has 6 heteroatoms. The third-order valence-electron chi connectivity index (χ3n) is 4.53. The van der Waals surface area contributed by atoms with E-state index in [1.807, 2.05) is 12.1 Å². The zero-order valence-corrected chi connectivity index (χ0v) is 18.6. The molecule has 0 saturated heterocycles. The molecule has 0 bridgehead atoms. The molecule has 0 saturated carbocycles. The molecule has 0 unspecified atom stereocenters. The average Bonchev–Trinajstić information content (AvgIpc) is 2.70. The van der Waals surface area contributed by atoms with E-state index in [2.05, 4.69) is 52.4 Å². The van der Waals surface area contributed by atoms with E-state index in [-0.39, 0.29) is 6.61 Å². The number of ether oxygens (including phenoxy) is 2. The van der Waals surface area contributed by atoms with Crippen LogP contribution in [0.15, 0.2) is 59.1 Å². The van der Waals surface area contributed by atoms with E-state index in [1.54, 1.807) is 19.2 Å². The summed E-state index contributed by atoms with van der Waals surface area (Å²) < 4.78 is 26.1. The minimum absolute atomic E-state index is 0.0132. The van der Waals surface area contributed by atoms with E-state index in [0.717, 1.165) is 16.6 Å². The molecule has 0 atom stereocenters. The molecule has 3 aromatic carbocycles. The average molecular weight is 479 g/mol. The highest BCUT2D eigenvalue weighted by Crippen LogP contribution is 2.34. The number of hydrogen-bond acceptors (Lipinski definition) is 3. The zero-order valence-electron chi connectivity index (χ0n) is 16.3. The lowest BCUT2D eigenvalue weighted by atomic mass is 10.1. The van der Waals surface area contributed by atoms with Crippen LogP contribution in [0.3, 0.4) is 0 Å². The van der Waals surface area contributed by atoms with Gasteiger partial charge in [0, 0.05) is 23.1 Å². The van der Waals surface area contributed by atoms with Crippen LogP contribution < -0.4 is 14.8 Å². The minimum Gasteiger partial charge on any atom is -0.493 e. The largest absolute Gasteiger partial charge is 0.493 e. The number of hydrogen-bond donors (Lipinski definition) is 1. The molecule has 0 aromatic heterocycles. The van der Waals surface area contributed by atoms with Gasteiger partial charge in [0.15, 0.2) is 11.5 Å². The van der Waals surface area contributed by atoms with Crippen LogP contribution in [0.25, 0.3) is 0 Å². The number of benzene rings is 3. The van der Waals surface area contributed by atoms with Crippen molar-refractivity contribution < 1.29 is 13.9 Å². The van der Waals surface area contributed by atoms with Crippen molar-refractivity contribution in [3.05, 3.63) is 92.2 Å². The summed E-state index contributed by atoms with van der Waals surface area (Å²) in [5.74, 6) is 0.696. The van der Waals surface area contributed by atoms with Gasteiger partial charge in [0.2, 0.25) is 0 Å². The van der Waals surface area contributed by atoms with E-state index in [0.29, 0.717) is 28.6 Å². The normalized spacial score (nSPS) is 10.8. The van der Waals surface area contributed by atoms with E-state index in [4.69, 9.17) is 21.1 Å². The Morgan fingerprint density at radius 3 is 2.48 bits per heavy atom. The van der Waals surface area contributed by atoms with Gasteiger partial charge in [-0.25, -0.2) is 4.39 Å². The van der Waals surface area contributed by atoms with Gasteiger partial charge in [-0.1, -0.05) is 63.4 Å². The molecule has 0 heterocycles. The maximum Gasteiger partial charge on any atom is 0.162 e. The zero-order chi connectivity index (χ0) is 20.8. The quantitative estimate of drug-likeness (QED) is 0.405. The van der Waals surface area contributed by atoms with Crippen LogP contribution in [0, 0.1) is 12.7 Å². The first-order chi connectivity index (χ1) is 14.0. The van der Waals surface area contributed by atoms with Crippen LogP contribution in [-0.2, 0) is 19.7 Å². The molecule has 0 spiro atoms. The summed E-state index contributed by atoms with van der Waals surface area (Å²) in [6, 6.07) is 16.7. The van der Waals surface area contributed by atoms with Gasteiger partial charge in [0.25, 0.3) is 0 Å². The van der Waals surface area contributed by atoms with Crippen molar-refractivity contribution in [3.8, 4) is 11.5 Å². The lowest BCUT2D eigenvalue weighted by Crippen LogP contribution is -2.13. The van der Waals surface area contributed by atoms with Crippen molar-refractivity contribution in [2.24, 2.45) is 0 Å². The van der Waals surface area contributed by atoms with Crippen molar-refractivity contribution >= 4 is 27.5 Å². The SMILES string of the molecule is COc1cc(CNCc2ccc(C)cc2)c(Br)cc1OCc1c(F)cccc1Cl. The van der Waals surface area contributed by atoms with Gasteiger partial charge < -0.3 is 14.8 Å². The summed E-state index contributed by atoms with van der Waals surface area (Å²) in [6.07, 6.45) is 0. The fourth-order valence-corrected chi connectivity index (χ4v) is 3.53. The van der Waals surface area contributed by atoms with Crippen molar-refractivity contribution in [2.75, 3.05) is 7.11 Å². The Labute approximate surface area is 183 Å². The molecule has 0 aliphatic carbocycles. The van der Waals surface area contributed by atoms with Gasteiger partial charge in [-0.2, -0.15) is 0 Å². The minimum atomic E-state index is -0.396. The van der Waals surface area contributed by atoms with E-state index in [9.17, 15) is 4.39 Å². The fraction of sp³-hybridized carbons (Fsp3) is 0.217. The number of aryl methyl sites for hydroxylation is 1. The van der Waals surface area contributed by atoms with Gasteiger partial charge in [0.1, 0.15) is 12.4 Å². The first-order valence-electron chi connectivity index (χ1n) is 9.16. The van der Waals surface area contributed by atoms with Crippen LogP contribution in [0.1, 0.15) is 22.3 Å².